The smallest absolute Gasteiger partial charge is 0.251 e. The molecule has 2 rings (SSSR count). The molecule has 2 aromatic carbocycles. The number of hydrogen-bond donors (Lipinski definition) is 1. The minimum absolute atomic E-state index is 0.00890. The van der Waals surface area contributed by atoms with E-state index in [2.05, 4.69) is 31.3 Å². The van der Waals surface area contributed by atoms with Crippen LogP contribution in [0, 0.1) is 5.92 Å². The Balaban J connectivity index is 1.86. The van der Waals surface area contributed by atoms with Crippen LogP contribution >= 0.6 is 0 Å². The lowest BCUT2D eigenvalue weighted by Gasteiger charge is -2.11. The summed E-state index contributed by atoms with van der Waals surface area (Å²) in [6.45, 7) is 6.35. The highest BCUT2D eigenvalue weighted by molar-refractivity contribution is 5.95. The van der Waals surface area contributed by atoms with E-state index in [1.807, 2.05) is 42.5 Å². The molecular weight excluding hydrogens is 298 g/mol. The molecular formula is C21H27NO2. The molecule has 1 N–H and O–H groups in total. The van der Waals surface area contributed by atoms with Crippen molar-refractivity contribution in [3.05, 3.63) is 71.3 Å². The van der Waals surface area contributed by atoms with Gasteiger partial charge in [-0.2, -0.15) is 0 Å². The van der Waals surface area contributed by atoms with Crippen LogP contribution in [-0.2, 0) is 11.2 Å². The van der Waals surface area contributed by atoms with E-state index in [9.17, 15) is 4.79 Å². The van der Waals surface area contributed by atoms with Crippen LogP contribution in [0.15, 0.2) is 54.6 Å². The van der Waals surface area contributed by atoms with Crippen molar-refractivity contribution in [2.75, 3.05) is 19.8 Å². The summed E-state index contributed by atoms with van der Waals surface area (Å²) in [6, 6.07) is 18.0. The lowest BCUT2D eigenvalue weighted by atomic mass is 9.99. The molecule has 0 saturated carbocycles. The molecule has 0 aliphatic heterocycles. The first-order valence-electron chi connectivity index (χ1n) is 8.64. The molecule has 0 fully saturated rings. The molecule has 0 atom stereocenters. The highest BCUT2D eigenvalue weighted by atomic mass is 16.5. The van der Waals surface area contributed by atoms with Crippen molar-refractivity contribution in [1.82, 2.24) is 5.32 Å². The first kappa shape index (κ1) is 18.2. The molecule has 0 spiro atoms. The van der Waals surface area contributed by atoms with E-state index in [4.69, 9.17) is 4.74 Å². The molecule has 0 aliphatic carbocycles. The molecule has 1 amide bonds. The van der Waals surface area contributed by atoms with Crippen LogP contribution < -0.4 is 5.32 Å². The third-order valence-electron chi connectivity index (χ3n) is 3.70. The van der Waals surface area contributed by atoms with Gasteiger partial charge in [0.15, 0.2) is 0 Å². The standard InChI is InChI=1S/C21H27NO2/c1-17(2)16-24-14-8-13-22-21(23)20-12-7-6-11-19(20)15-18-9-4-3-5-10-18/h3-7,9-12,17H,8,13-16H2,1-2H3,(H,22,23). The number of benzene rings is 2. The zero-order valence-electron chi connectivity index (χ0n) is 14.6. The Kier molecular flexibility index (Phi) is 7.50. The zero-order chi connectivity index (χ0) is 17.2. The third kappa shape index (κ3) is 6.17. The minimum Gasteiger partial charge on any atom is -0.381 e. The van der Waals surface area contributed by atoms with E-state index in [1.54, 1.807) is 0 Å². The van der Waals surface area contributed by atoms with E-state index in [0.717, 1.165) is 30.6 Å². The molecule has 0 radical (unpaired) electrons. The molecule has 0 aromatic heterocycles. The van der Waals surface area contributed by atoms with E-state index in [1.165, 1.54) is 5.56 Å². The summed E-state index contributed by atoms with van der Waals surface area (Å²) in [7, 11) is 0. The van der Waals surface area contributed by atoms with Gasteiger partial charge in [0.05, 0.1) is 0 Å². The molecule has 2 aromatic rings. The van der Waals surface area contributed by atoms with Crippen LogP contribution in [-0.4, -0.2) is 25.7 Å². The maximum absolute atomic E-state index is 12.4. The molecule has 128 valence electrons. The molecule has 3 nitrogen and oxygen atoms in total. The number of carbonyl (C=O) groups excluding carboxylic acids is 1. The Morgan fingerprint density at radius 2 is 1.75 bits per heavy atom. The largest absolute Gasteiger partial charge is 0.381 e. The number of ether oxygens (including phenoxy) is 1. The Bertz CT molecular complexity index is 623. The van der Waals surface area contributed by atoms with Gasteiger partial charge in [-0.15, -0.1) is 0 Å². The van der Waals surface area contributed by atoms with Crippen molar-refractivity contribution >= 4 is 5.91 Å². The number of carbonyl (C=O) groups is 1. The average Bonchev–Trinajstić information content (AvgIpc) is 2.59. The normalized spacial score (nSPS) is 10.8. The van der Waals surface area contributed by atoms with Gasteiger partial charge in [0.1, 0.15) is 0 Å². The fraction of sp³-hybridized carbons (Fsp3) is 0.381. The first-order chi connectivity index (χ1) is 11.7. The SMILES string of the molecule is CC(C)COCCCNC(=O)c1ccccc1Cc1ccccc1. The third-order valence-corrected chi connectivity index (χ3v) is 3.70. The number of hydrogen-bond acceptors (Lipinski definition) is 2. The highest BCUT2D eigenvalue weighted by Crippen LogP contribution is 2.14. The van der Waals surface area contributed by atoms with Crippen molar-refractivity contribution in [1.29, 1.82) is 0 Å². The number of nitrogens with one attached hydrogen (secondary N) is 1. The van der Waals surface area contributed by atoms with Crippen LogP contribution in [0.1, 0.15) is 41.8 Å². The van der Waals surface area contributed by atoms with Crippen LogP contribution in [0.4, 0.5) is 0 Å². The molecule has 0 unspecified atom stereocenters. The van der Waals surface area contributed by atoms with Crippen LogP contribution in [0.3, 0.4) is 0 Å². The second-order valence-corrected chi connectivity index (χ2v) is 6.40. The van der Waals surface area contributed by atoms with Gasteiger partial charge in [0, 0.05) is 25.3 Å². The Labute approximate surface area is 145 Å². The predicted molar refractivity (Wildman–Crippen MR) is 98.3 cm³/mol. The fourth-order valence-corrected chi connectivity index (χ4v) is 2.50. The van der Waals surface area contributed by atoms with Crippen molar-refractivity contribution in [2.24, 2.45) is 5.92 Å². The van der Waals surface area contributed by atoms with Gasteiger partial charge in [-0.1, -0.05) is 62.4 Å². The fourth-order valence-electron chi connectivity index (χ4n) is 2.50. The molecule has 0 saturated heterocycles. The average molecular weight is 325 g/mol. The Hall–Kier alpha value is -2.13. The summed E-state index contributed by atoms with van der Waals surface area (Å²) in [6.07, 6.45) is 1.60. The van der Waals surface area contributed by atoms with Crippen LogP contribution in [0.2, 0.25) is 0 Å². The van der Waals surface area contributed by atoms with Gasteiger partial charge in [0.25, 0.3) is 5.91 Å². The number of amides is 1. The lowest BCUT2D eigenvalue weighted by molar-refractivity contribution is 0.0924. The van der Waals surface area contributed by atoms with E-state index in [0.29, 0.717) is 19.1 Å². The van der Waals surface area contributed by atoms with E-state index >= 15 is 0 Å². The second kappa shape index (κ2) is 9.89. The maximum Gasteiger partial charge on any atom is 0.251 e. The molecule has 0 bridgehead atoms. The summed E-state index contributed by atoms with van der Waals surface area (Å²) in [5.41, 5.74) is 3.02. The molecule has 0 heterocycles. The Morgan fingerprint density at radius 3 is 2.50 bits per heavy atom. The topological polar surface area (TPSA) is 38.3 Å². The minimum atomic E-state index is -0.00890. The second-order valence-electron chi connectivity index (χ2n) is 6.40. The van der Waals surface area contributed by atoms with Gasteiger partial charge in [-0.25, -0.2) is 0 Å². The van der Waals surface area contributed by atoms with Crippen LogP contribution in [0.25, 0.3) is 0 Å². The summed E-state index contributed by atoms with van der Waals surface area (Å²) < 4.78 is 5.53. The molecule has 24 heavy (non-hydrogen) atoms. The molecule has 3 heteroatoms. The van der Waals surface area contributed by atoms with Crippen molar-refractivity contribution in [2.45, 2.75) is 26.7 Å². The zero-order valence-corrected chi connectivity index (χ0v) is 14.6. The monoisotopic (exact) mass is 325 g/mol. The first-order valence-corrected chi connectivity index (χ1v) is 8.64. The summed E-state index contributed by atoms with van der Waals surface area (Å²) in [4.78, 5) is 12.4. The number of rotatable bonds is 9. The predicted octanol–water partition coefficient (Wildman–Crippen LogP) is 4.07. The quantitative estimate of drug-likeness (QED) is 0.706. The lowest BCUT2D eigenvalue weighted by Crippen LogP contribution is -2.26. The van der Waals surface area contributed by atoms with Crippen molar-refractivity contribution < 1.29 is 9.53 Å². The van der Waals surface area contributed by atoms with Crippen molar-refractivity contribution in [3.63, 3.8) is 0 Å². The van der Waals surface area contributed by atoms with Gasteiger partial charge < -0.3 is 10.1 Å². The highest BCUT2D eigenvalue weighted by Gasteiger charge is 2.10. The summed E-state index contributed by atoms with van der Waals surface area (Å²) >= 11 is 0. The van der Waals surface area contributed by atoms with Gasteiger partial charge in [0.2, 0.25) is 0 Å². The van der Waals surface area contributed by atoms with Crippen molar-refractivity contribution in [3.8, 4) is 0 Å². The van der Waals surface area contributed by atoms with E-state index < -0.39 is 0 Å². The summed E-state index contributed by atoms with van der Waals surface area (Å²) in [5, 5.41) is 2.99. The van der Waals surface area contributed by atoms with E-state index in [-0.39, 0.29) is 5.91 Å². The van der Waals surface area contributed by atoms with Gasteiger partial charge >= 0.3 is 0 Å². The molecule has 0 aliphatic rings. The maximum atomic E-state index is 12.4. The van der Waals surface area contributed by atoms with Crippen LogP contribution in [0.5, 0.6) is 0 Å². The van der Waals surface area contributed by atoms with Gasteiger partial charge in [-0.05, 0) is 36.0 Å². The Morgan fingerprint density at radius 1 is 1.04 bits per heavy atom. The summed E-state index contributed by atoms with van der Waals surface area (Å²) in [5.74, 6) is 0.537. The van der Waals surface area contributed by atoms with Gasteiger partial charge in [-0.3, -0.25) is 4.79 Å².